The van der Waals surface area contributed by atoms with Crippen molar-refractivity contribution in [3.8, 4) is 0 Å². The van der Waals surface area contributed by atoms with Crippen molar-refractivity contribution in [2.75, 3.05) is 19.0 Å². The van der Waals surface area contributed by atoms with E-state index in [9.17, 15) is 4.79 Å². The van der Waals surface area contributed by atoms with E-state index in [0.29, 0.717) is 0 Å². The van der Waals surface area contributed by atoms with E-state index in [1.807, 2.05) is 56.7 Å². The number of anilines is 1. The van der Waals surface area contributed by atoms with Crippen LogP contribution >= 0.6 is 0 Å². The first-order chi connectivity index (χ1) is 12.0. The summed E-state index contributed by atoms with van der Waals surface area (Å²) in [6.45, 7) is 2.11. The highest BCUT2D eigenvalue weighted by molar-refractivity contribution is 5.85. The summed E-state index contributed by atoms with van der Waals surface area (Å²) in [7, 11) is 4.08. The summed E-state index contributed by atoms with van der Waals surface area (Å²) in [4.78, 5) is 20.0. The van der Waals surface area contributed by atoms with E-state index in [-0.39, 0.29) is 5.56 Å². The summed E-state index contributed by atoms with van der Waals surface area (Å²) < 4.78 is 0. The van der Waals surface area contributed by atoms with Crippen molar-refractivity contribution in [1.82, 2.24) is 9.97 Å². The van der Waals surface area contributed by atoms with Gasteiger partial charge in [0.25, 0.3) is 0 Å². The number of nitrogens with zero attached hydrogens (tertiary/aromatic N) is 2. The van der Waals surface area contributed by atoms with Crippen LogP contribution in [-0.4, -0.2) is 24.1 Å². The number of rotatable bonds is 1. The van der Waals surface area contributed by atoms with Gasteiger partial charge in [-0.2, -0.15) is 0 Å². The molecule has 4 nitrogen and oxygen atoms in total. The van der Waals surface area contributed by atoms with Gasteiger partial charge in [0.2, 0.25) is 5.56 Å². The number of aryl methyl sites for hydroxylation is 1. The van der Waals surface area contributed by atoms with Gasteiger partial charge in [0.15, 0.2) is 0 Å². The molecule has 2 aromatic carbocycles. The minimum atomic E-state index is -0.0521. The van der Waals surface area contributed by atoms with Crippen LogP contribution in [0.15, 0.2) is 71.7 Å². The fourth-order valence-electron chi connectivity index (χ4n) is 2.65. The number of para-hydroxylation sites is 1. The van der Waals surface area contributed by atoms with Crippen molar-refractivity contribution in [1.29, 1.82) is 0 Å². The van der Waals surface area contributed by atoms with Gasteiger partial charge in [-0.1, -0.05) is 24.3 Å². The van der Waals surface area contributed by atoms with Gasteiger partial charge in [-0.3, -0.25) is 9.78 Å². The van der Waals surface area contributed by atoms with Crippen LogP contribution in [0.25, 0.3) is 21.8 Å². The van der Waals surface area contributed by atoms with Crippen LogP contribution < -0.4 is 10.5 Å². The number of hydrogen-bond acceptors (Lipinski definition) is 3. The Hall–Kier alpha value is -3.14. The molecule has 1 N–H and O–H groups in total. The van der Waals surface area contributed by atoms with Crippen LogP contribution in [0.1, 0.15) is 5.56 Å². The predicted octanol–water partition coefficient (Wildman–Crippen LogP) is 4.14. The van der Waals surface area contributed by atoms with E-state index in [2.05, 4.69) is 40.0 Å². The maximum Gasteiger partial charge on any atom is 0.248 e. The van der Waals surface area contributed by atoms with Gasteiger partial charge < -0.3 is 9.88 Å². The normalized spacial score (nSPS) is 10.4. The molecule has 4 heteroatoms. The van der Waals surface area contributed by atoms with Gasteiger partial charge in [0, 0.05) is 42.9 Å². The van der Waals surface area contributed by atoms with Crippen LogP contribution in [0.5, 0.6) is 0 Å². The Bertz CT molecular complexity index is 1070. The van der Waals surface area contributed by atoms with Crippen molar-refractivity contribution >= 4 is 27.5 Å². The molecule has 4 rings (SSSR count). The van der Waals surface area contributed by atoms with Crippen molar-refractivity contribution < 1.29 is 0 Å². The molecule has 0 aliphatic rings. The highest BCUT2D eigenvalue weighted by atomic mass is 16.1. The maximum absolute atomic E-state index is 10.8. The van der Waals surface area contributed by atoms with E-state index in [1.54, 1.807) is 0 Å². The predicted molar refractivity (Wildman–Crippen MR) is 105 cm³/mol. The topological polar surface area (TPSA) is 49.0 Å². The molecule has 0 unspecified atom stereocenters. The Morgan fingerprint density at radius 3 is 2.56 bits per heavy atom. The summed E-state index contributed by atoms with van der Waals surface area (Å²) in [5.74, 6) is 0. The van der Waals surface area contributed by atoms with Crippen LogP contribution in [0.4, 0.5) is 5.69 Å². The highest BCUT2D eigenvalue weighted by Gasteiger charge is 2.00. The maximum atomic E-state index is 10.8. The molecule has 0 atom stereocenters. The van der Waals surface area contributed by atoms with E-state index >= 15 is 0 Å². The van der Waals surface area contributed by atoms with Crippen LogP contribution in [0.2, 0.25) is 0 Å². The molecule has 0 spiro atoms. The Morgan fingerprint density at radius 1 is 0.960 bits per heavy atom. The van der Waals surface area contributed by atoms with Crippen LogP contribution in [0, 0.1) is 6.92 Å². The van der Waals surface area contributed by atoms with Gasteiger partial charge in [-0.05, 0) is 48.2 Å². The van der Waals surface area contributed by atoms with E-state index in [1.165, 1.54) is 22.7 Å². The minimum Gasteiger partial charge on any atom is -0.378 e. The molecule has 25 heavy (non-hydrogen) atoms. The number of aromatic nitrogens is 2. The zero-order valence-electron chi connectivity index (χ0n) is 14.7. The number of nitrogens with one attached hydrogen (secondary N) is 1. The molecular formula is C21H21N3O. The van der Waals surface area contributed by atoms with Crippen molar-refractivity contribution in [3.05, 3.63) is 82.8 Å². The second-order valence-electron chi connectivity index (χ2n) is 6.13. The number of benzene rings is 2. The molecule has 0 fully saturated rings. The standard InChI is InChI=1S/C12H14N2.C9H7NO/c1-9-6-7-13-12-8-10(14(2)3)4-5-11(9)12;11-9-6-5-7-3-1-2-4-8(7)10-9/h4-8H,1-3H3;1-6H,(H,10,11). The van der Waals surface area contributed by atoms with E-state index in [0.717, 1.165) is 16.4 Å². The van der Waals surface area contributed by atoms with Gasteiger partial charge in [0.1, 0.15) is 0 Å². The molecule has 2 aromatic heterocycles. The van der Waals surface area contributed by atoms with E-state index in [4.69, 9.17) is 0 Å². The van der Waals surface area contributed by atoms with Gasteiger partial charge in [-0.15, -0.1) is 0 Å². The second-order valence-corrected chi connectivity index (χ2v) is 6.13. The number of H-pyrrole nitrogens is 1. The van der Waals surface area contributed by atoms with Gasteiger partial charge >= 0.3 is 0 Å². The summed E-state index contributed by atoms with van der Waals surface area (Å²) in [6.07, 6.45) is 1.86. The number of aromatic amines is 1. The molecular weight excluding hydrogens is 310 g/mol. The number of fused-ring (bicyclic) bond motifs is 2. The quantitative estimate of drug-likeness (QED) is 0.570. The first-order valence-corrected chi connectivity index (χ1v) is 8.15. The van der Waals surface area contributed by atoms with Crippen molar-refractivity contribution in [3.63, 3.8) is 0 Å². The monoisotopic (exact) mass is 331 g/mol. The zero-order chi connectivity index (χ0) is 17.8. The largest absolute Gasteiger partial charge is 0.378 e. The van der Waals surface area contributed by atoms with Crippen molar-refractivity contribution in [2.24, 2.45) is 0 Å². The Labute approximate surface area is 146 Å². The van der Waals surface area contributed by atoms with Crippen molar-refractivity contribution in [2.45, 2.75) is 6.92 Å². The summed E-state index contributed by atoms with van der Waals surface area (Å²) >= 11 is 0. The minimum absolute atomic E-state index is 0.0521. The third-order valence-electron chi connectivity index (χ3n) is 4.09. The fourth-order valence-corrected chi connectivity index (χ4v) is 2.65. The molecule has 0 bridgehead atoms. The lowest BCUT2D eigenvalue weighted by molar-refractivity contribution is 1.13. The van der Waals surface area contributed by atoms with E-state index < -0.39 is 0 Å². The zero-order valence-corrected chi connectivity index (χ0v) is 14.7. The molecule has 0 saturated carbocycles. The molecule has 0 amide bonds. The third-order valence-corrected chi connectivity index (χ3v) is 4.09. The lowest BCUT2D eigenvalue weighted by Crippen LogP contribution is -2.08. The van der Waals surface area contributed by atoms with Gasteiger partial charge in [-0.25, -0.2) is 0 Å². The average Bonchev–Trinajstić information content (AvgIpc) is 2.62. The third kappa shape index (κ3) is 3.86. The molecule has 0 radical (unpaired) electrons. The smallest absolute Gasteiger partial charge is 0.248 e. The molecule has 4 aromatic rings. The summed E-state index contributed by atoms with van der Waals surface area (Å²) in [5.41, 5.74) is 4.37. The lowest BCUT2D eigenvalue weighted by atomic mass is 10.1. The van der Waals surface area contributed by atoms with Gasteiger partial charge in [0.05, 0.1) is 5.52 Å². The molecule has 126 valence electrons. The number of hydrogen-bond donors (Lipinski definition) is 1. The molecule has 2 heterocycles. The molecule has 0 saturated heterocycles. The Kier molecular flexibility index (Phi) is 4.80. The highest BCUT2D eigenvalue weighted by Crippen LogP contribution is 2.21. The van der Waals surface area contributed by atoms with Crippen LogP contribution in [-0.2, 0) is 0 Å². The first-order valence-electron chi connectivity index (χ1n) is 8.15. The number of pyridine rings is 2. The first kappa shape index (κ1) is 16.7. The second kappa shape index (κ2) is 7.18. The lowest BCUT2D eigenvalue weighted by Gasteiger charge is -2.13. The summed E-state index contributed by atoms with van der Waals surface area (Å²) in [6, 6.07) is 19.4. The Balaban J connectivity index is 0.000000150. The Morgan fingerprint density at radius 2 is 1.76 bits per heavy atom. The molecule has 0 aliphatic heterocycles. The fraction of sp³-hybridized carbons (Fsp3) is 0.143. The van der Waals surface area contributed by atoms with Crippen LogP contribution in [0.3, 0.4) is 0 Å². The molecule has 0 aliphatic carbocycles. The summed E-state index contributed by atoms with van der Waals surface area (Å²) in [5, 5.41) is 2.30. The SMILES string of the molecule is Cc1ccnc2cc(N(C)C)ccc12.O=c1ccc2ccccc2[nH]1. The average molecular weight is 331 g/mol.